The summed E-state index contributed by atoms with van der Waals surface area (Å²) in [6, 6.07) is 2.02. The molecule has 6 atom stereocenters. The lowest BCUT2D eigenvalue weighted by atomic mass is 9.52. The molecular weight excluding hydrogens is 416 g/mol. The quantitative estimate of drug-likeness (QED) is 0.518. The van der Waals surface area contributed by atoms with Gasteiger partial charge in [0.05, 0.1) is 17.5 Å². The summed E-state index contributed by atoms with van der Waals surface area (Å²) in [4.78, 5) is 67.3. The summed E-state index contributed by atoms with van der Waals surface area (Å²) >= 11 is 0. The highest BCUT2D eigenvalue weighted by Crippen LogP contribution is 2.50. The minimum Gasteiger partial charge on any atom is -0.507 e. The molecule has 0 saturated heterocycles. The van der Waals surface area contributed by atoms with Gasteiger partial charge in [-0.2, -0.15) is 0 Å². The number of aryl methyl sites for hydroxylation is 1. The Kier molecular flexibility index (Phi) is 5.09. The highest BCUT2D eigenvalue weighted by molar-refractivity contribution is 6.32. The summed E-state index contributed by atoms with van der Waals surface area (Å²) in [7, 11) is 4.43. The molecular formula is C23H26N2O7. The topological polar surface area (TPSA) is 141 Å². The second kappa shape index (κ2) is 7.31. The van der Waals surface area contributed by atoms with Crippen molar-refractivity contribution in [2.75, 3.05) is 21.1 Å². The van der Waals surface area contributed by atoms with Crippen molar-refractivity contribution in [2.24, 2.45) is 23.7 Å². The summed E-state index contributed by atoms with van der Waals surface area (Å²) in [6.07, 6.45) is 0.375. The van der Waals surface area contributed by atoms with Crippen molar-refractivity contribution in [1.82, 2.24) is 10.2 Å². The van der Waals surface area contributed by atoms with Crippen LogP contribution in [-0.2, 0) is 25.6 Å². The number of nitrogens with zero attached hydrogens (tertiary/aromatic N) is 1. The van der Waals surface area contributed by atoms with Crippen LogP contribution in [0.2, 0.25) is 0 Å². The van der Waals surface area contributed by atoms with Crippen LogP contribution in [0.4, 0.5) is 0 Å². The van der Waals surface area contributed by atoms with Crippen LogP contribution in [-0.4, -0.2) is 76.9 Å². The van der Waals surface area contributed by atoms with Crippen LogP contribution >= 0.6 is 0 Å². The number of hydrogen-bond donors (Lipinski definition) is 3. The number of phenols is 1. The van der Waals surface area contributed by atoms with Crippen LogP contribution in [0.15, 0.2) is 12.1 Å². The molecule has 0 bridgehead atoms. The highest BCUT2D eigenvalue weighted by Gasteiger charge is 2.69. The molecule has 170 valence electrons. The number of Topliss-reactive ketones (excluding diaryl/α,β-unsaturated/α-hetero) is 4. The smallest absolute Gasteiger partial charge is 0.238 e. The minimum absolute atomic E-state index is 0.0352. The van der Waals surface area contributed by atoms with Crippen LogP contribution in [0.5, 0.6) is 5.75 Å². The number of likely N-dealkylation sites (N-methyl/N-ethyl adjacent to an activating group) is 1. The molecule has 2 fully saturated rings. The molecule has 9 heteroatoms. The van der Waals surface area contributed by atoms with E-state index >= 15 is 0 Å². The lowest BCUT2D eigenvalue weighted by molar-refractivity contribution is -0.181. The Bertz CT molecular complexity index is 1080. The Morgan fingerprint density at radius 1 is 1.16 bits per heavy atom. The molecule has 1 amide bonds. The zero-order valence-electron chi connectivity index (χ0n) is 18.3. The third kappa shape index (κ3) is 2.74. The van der Waals surface area contributed by atoms with E-state index in [1.807, 2.05) is 0 Å². The van der Waals surface area contributed by atoms with Crippen LogP contribution in [0.25, 0.3) is 0 Å². The maximum absolute atomic E-state index is 13.6. The number of ketones is 4. The van der Waals surface area contributed by atoms with Gasteiger partial charge in [0.2, 0.25) is 5.91 Å². The molecule has 3 aliphatic carbocycles. The zero-order valence-corrected chi connectivity index (χ0v) is 18.3. The number of nitrogens with one attached hydrogen (secondary N) is 1. The number of carbonyl (C=O) groups excluding carboxylic acids is 5. The number of amides is 1. The summed E-state index contributed by atoms with van der Waals surface area (Å²) in [6.45, 7) is 1.80. The average Bonchev–Trinajstić information content (AvgIpc) is 2.73. The maximum atomic E-state index is 13.6. The van der Waals surface area contributed by atoms with Gasteiger partial charge < -0.3 is 15.5 Å². The fourth-order valence-electron chi connectivity index (χ4n) is 5.88. The number of aliphatic hydroxyl groups is 1. The van der Waals surface area contributed by atoms with Crippen molar-refractivity contribution in [1.29, 1.82) is 0 Å². The summed E-state index contributed by atoms with van der Waals surface area (Å²) in [5, 5.41) is 24.1. The van der Waals surface area contributed by atoms with E-state index in [4.69, 9.17) is 0 Å². The zero-order chi connectivity index (χ0) is 23.7. The lowest BCUT2D eigenvalue weighted by Gasteiger charge is -2.52. The van der Waals surface area contributed by atoms with E-state index in [-0.39, 0.29) is 17.7 Å². The average molecular weight is 442 g/mol. The number of carbonyl (C=O) groups is 5. The standard InChI is InChI=1S/C23H26N2O7/c1-9-5-6-13(26)15-11(9)7-10-8-12-17(25(3)4)19(28)16(22(31)24-2)21(30)23(12,32)20(29)14(10)18(15)27/h5-6,10,12,14,16-17,26,32H,7-8H2,1-4H3,(H,24,31)/t10-,12-,14?,16?,17-,23-/m0/s1. The fraction of sp³-hybridized carbons (Fsp3) is 0.522. The maximum Gasteiger partial charge on any atom is 0.238 e. The minimum atomic E-state index is -2.65. The highest BCUT2D eigenvalue weighted by atomic mass is 16.3. The van der Waals surface area contributed by atoms with E-state index in [9.17, 15) is 34.2 Å². The largest absolute Gasteiger partial charge is 0.507 e. The monoisotopic (exact) mass is 442 g/mol. The van der Waals surface area contributed by atoms with E-state index in [0.29, 0.717) is 12.0 Å². The Hall–Kier alpha value is -2.91. The van der Waals surface area contributed by atoms with Crippen LogP contribution in [0, 0.1) is 30.6 Å². The van der Waals surface area contributed by atoms with Crippen molar-refractivity contribution in [3.63, 3.8) is 0 Å². The van der Waals surface area contributed by atoms with Crippen molar-refractivity contribution in [3.05, 3.63) is 28.8 Å². The first-order valence-electron chi connectivity index (χ1n) is 10.5. The molecule has 0 aliphatic heterocycles. The van der Waals surface area contributed by atoms with Gasteiger partial charge >= 0.3 is 0 Å². The van der Waals surface area contributed by atoms with Gasteiger partial charge in [-0.05, 0) is 57.0 Å². The van der Waals surface area contributed by atoms with Gasteiger partial charge in [-0.25, -0.2) is 0 Å². The SMILES string of the molecule is CNC(=O)C1C(=O)[C@@H](N(C)C)[C@@H]2C[C@@H]3Cc4c(C)ccc(O)c4C(=O)C3C(=O)[C@]2(O)C1=O. The van der Waals surface area contributed by atoms with E-state index in [1.165, 1.54) is 18.0 Å². The molecule has 3 N–H and O–H groups in total. The summed E-state index contributed by atoms with van der Waals surface area (Å²) < 4.78 is 0. The summed E-state index contributed by atoms with van der Waals surface area (Å²) in [5.74, 6) is -9.43. The van der Waals surface area contributed by atoms with Crippen molar-refractivity contribution in [2.45, 2.75) is 31.4 Å². The van der Waals surface area contributed by atoms with Gasteiger partial charge in [-0.15, -0.1) is 0 Å². The number of fused-ring (bicyclic) bond motifs is 3. The van der Waals surface area contributed by atoms with Crippen molar-refractivity contribution < 1.29 is 34.2 Å². The van der Waals surface area contributed by atoms with Gasteiger partial charge in [-0.1, -0.05) is 6.07 Å². The van der Waals surface area contributed by atoms with Gasteiger partial charge in [0.15, 0.2) is 34.7 Å². The molecule has 2 unspecified atom stereocenters. The third-order valence-electron chi connectivity index (χ3n) is 7.40. The number of phenolic OH excluding ortho intramolecular Hbond substituents is 1. The molecule has 32 heavy (non-hydrogen) atoms. The third-order valence-corrected chi connectivity index (χ3v) is 7.40. The molecule has 0 spiro atoms. The number of rotatable bonds is 2. The predicted molar refractivity (Wildman–Crippen MR) is 111 cm³/mol. The lowest BCUT2D eigenvalue weighted by Crippen LogP contribution is -2.74. The van der Waals surface area contributed by atoms with E-state index < -0.39 is 64.4 Å². The second-order valence-corrected chi connectivity index (χ2v) is 9.26. The van der Waals surface area contributed by atoms with E-state index in [2.05, 4.69) is 5.32 Å². The normalized spacial score (nSPS) is 34.1. The summed E-state index contributed by atoms with van der Waals surface area (Å²) in [5.41, 5.74) is -1.19. The van der Waals surface area contributed by atoms with E-state index in [1.54, 1.807) is 27.1 Å². The molecule has 3 aliphatic rings. The first kappa shape index (κ1) is 22.3. The molecule has 2 saturated carbocycles. The van der Waals surface area contributed by atoms with Crippen molar-refractivity contribution in [3.8, 4) is 5.75 Å². The van der Waals surface area contributed by atoms with Crippen LogP contribution in [0.3, 0.4) is 0 Å². The van der Waals surface area contributed by atoms with Crippen LogP contribution in [0.1, 0.15) is 27.9 Å². The first-order chi connectivity index (χ1) is 15.0. The van der Waals surface area contributed by atoms with Gasteiger partial charge in [0, 0.05) is 13.0 Å². The fourth-order valence-corrected chi connectivity index (χ4v) is 5.88. The number of hydrogen-bond acceptors (Lipinski definition) is 8. The predicted octanol–water partition coefficient (Wildman–Crippen LogP) is -0.564. The van der Waals surface area contributed by atoms with Gasteiger partial charge in [0.25, 0.3) is 0 Å². The second-order valence-electron chi connectivity index (χ2n) is 9.26. The Morgan fingerprint density at radius 2 is 1.81 bits per heavy atom. The molecule has 9 nitrogen and oxygen atoms in total. The van der Waals surface area contributed by atoms with E-state index in [0.717, 1.165) is 5.56 Å². The van der Waals surface area contributed by atoms with Gasteiger partial charge in [0.1, 0.15) is 5.75 Å². The number of aromatic hydroxyl groups is 1. The molecule has 4 rings (SSSR count). The Balaban J connectivity index is 1.88. The molecule has 0 radical (unpaired) electrons. The Labute approximate surface area is 184 Å². The molecule has 1 aromatic rings. The van der Waals surface area contributed by atoms with Gasteiger partial charge in [-0.3, -0.25) is 28.9 Å². The Morgan fingerprint density at radius 3 is 2.41 bits per heavy atom. The number of benzene rings is 1. The molecule has 0 heterocycles. The molecule has 1 aromatic carbocycles. The molecule has 0 aromatic heterocycles. The first-order valence-corrected chi connectivity index (χ1v) is 10.5. The van der Waals surface area contributed by atoms with Crippen LogP contribution < -0.4 is 5.32 Å². The van der Waals surface area contributed by atoms with Crippen molar-refractivity contribution >= 4 is 29.0 Å².